The summed E-state index contributed by atoms with van der Waals surface area (Å²) in [6.07, 6.45) is 3.29. The topological polar surface area (TPSA) is 81.3 Å². The zero-order valence-electron chi connectivity index (χ0n) is 10.9. The van der Waals surface area contributed by atoms with Gasteiger partial charge < -0.3 is 14.4 Å². The number of pyridine rings is 1. The van der Waals surface area contributed by atoms with Crippen LogP contribution in [-0.2, 0) is 0 Å². The summed E-state index contributed by atoms with van der Waals surface area (Å²) in [5.41, 5.74) is 1.12. The molecule has 2 aromatic heterocycles. The van der Waals surface area contributed by atoms with E-state index in [1.807, 2.05) is 6.07 Å². The first kappa shape index (κ1) is 13.6. The second-order valence-electron chi connectivity index (χ2n) is 4.17. The smallest absolute Gasteiger partial charge is 0.262 e. The molecule has 0 unspecified atom stereocenters. The normalized spacial score (nSPS) is 10.6. The van der Waals surface area contributed by atoms with E-state index >= 15 is 0 Å². The molecular formula is C14H10BrN3O3. The number of para-hydroxylation sites is 1. The quantitative estimate of drug-likeness (QED) is 0.782. The lowest BCUT2D eigenvalue weighted by Gasteiger charge is -2.04. The van der Waals surface area contributed by atoms with Gasteiger partial charge in [-0.3, -0.25) is 4.98 Å². The number of rotatable bonds is 3. The van der Waals surface area contributed by atoms with Crippen molar-refractivity contribution in [3.05, 3.63) is 41.1 Å². The van der Waals surface area contributed by atoms with Gasteiger partial charge in [-0.25, -0.2) is 0 Å². The molecule has 3 rings (SSSR count). The van der Waals surface area contributed by atoms with Gasteiger partial charge in [-0.05, 0) is 34.1 Å². The largest absolute Gasteiger partial charge is 0.504 e. The van der Waals surface area contributed by atoms with Crippen molar-refractivity contribution in [2.24, 2.45) is 0 Å². The van der Waals surface area contributed by atoms with Crippen LogP contribution in [0.25, 0.3) is 22.8 Å². The molecule has 2 heterocycles. The molecule has 0 aliphatic heterocycles. The van der Waals surface area contributed by atoms with Gasteiger partial charge in [0.2, 0.25) is 5.82 Å². The molecular weight excluding hydrogens is 338 g/mol. The third-order valence-corrected chi connectivity index (χ3v) is 3.27. The van der Waals surface area contributed by atoms with Gasteiger partial charge in [0.1, 0.15) is 0 Å². The monoisotopic (exact) mass is 347 g/mol. The van der Waals surface area contributed by atoms with Crippen LogP contribution < -0.4 is 4.74 Å². The van der Waals surface area contributed by atoms with Crippen LogP contribution in [-0.4, -0.2) is 27.3 Å². The number of ether oxygens (including phenoxy) is 1. The number of benzene rings is 1. The van der Waals surface area contributed by atoms with Crippen LogP contribution in [0.15, 0.2) is 45.7 Å². The van der Waals surface area contributed by atoms with E-state index < -0.39 is 0 Å². The molecule has 0 amide bonds. The molecule has 0 radical (unpaired) electrons. The van der Waals surface area contributed by atoms with E-state index in [1.54, 1.807) is 30.6 Å². The highest BCUT2D eigenvalue weighted by Gasteiger charge is 2.16. The highest BCUT2D eigenvalue weighted by Crippen LogP contribution is 2.36. The van der Waals surface area contributed by atoms with Crippen molar-refractivity contribution < 1.29 is 14.4 Å². The number of aromatic hydroxyl groups is 1. The number of halogens is 1. The summed E-state index contributed by atoms with van der Waals surface area (Å²) in [5.74, 6) is 0.904. The van der Waals surface area contributed by atoms with Crippen molar-refractivity contribution in [3.63, 3.8) is 0 Å². The fourth-order valence-corrected chi connectivity index (χ4v) is 2.21. The van der Waals surface area contributed by atoms with Gasteiger partial charge in [0.15, 0.2) is 11.5 Å². The maximum absolute atomic E-state index is 10.1. The Morgan fingerprint density at radius 3 is 2.90 bits per heavy atom. The van der Waals surface area contributed by atoms with Crippen molar-refractivity contribution in [2.45, 2.75) is 0 Å². The van der Waals surface area contributed by atoms with Crippen molar-refractivity contribution in [3.8, 4) is 34.3 Å². The lowest BCUT2D eigenvalue weighted by Crippen LogP contribution is -1.87. The Morgan fingerprint density at radius 1 is 1.29 bits per heavy atom. The Morgan fingerprint density at radius 2 is 2.14 bits per heavy atom. The molecule has 0 saturated carbocycles. The molecule has 1 aromatic carbocycles. The second-order valence-corrected chi connectivity index (χ2v) is 5.09. The minimum Gasteiger partial charge on any atom is -0.504 e. The summed E-state index contributed by atoms with van der Waals surface area (Å²) in [6, 6.07) is 6.88. The maximum Gasteiger partial charge on any atom is 0.262 e. The van der Waals surface area contributed by atoms with Crippen LogP contribution in [0.3, 0.4) is 0 Å². The molecule has 106 valence electrons. The zero-order chi connectivity index (χ0) is 14.8. The van der Waals surface area contributed by atoms with E-state index in [2.05, 4.69) is 31.1 Å². The first-order chi connectivity index (χ1) is 10.2. The first-order valence-corrected chi connectivity index (χ1v) is 6.79. The summed E-state index contributed by atoms with van der Waals surface area (Å²) >= 11 is 3.34. The first-order valence-electron chi connectivity index (χ1n) is 6.00. The third-order valence-electron chi connectivity index (χ3n) is 2.84. The van der Waals surface area contributed by atoms with Crippen LogP contribution in [0.4, 0.5) is 0 Å². The summed E-state index contributed by atoms with van der Waals surface area (Å²) in [5, 5.41) is 14.0. The lowest BCUT2D eigenvalue weighted by atomic mass is 10.2. The van der Waals surface area contributed by atoms with E-state index in [4.69, 9.17) is 9.26 Å². The molecule has 0 spiro atoms. The lowest BCUT2D eigenvalue weighted by molar-refractivity contribution is 0.371. The molecule has 0 bridgehead atoms. The Hall–Kier alpha value is -2.41. The number of hydrogen-bond donors (Lipinski definition) is 1. The fourth-order valence-electron chi connectivity index (χ4n) is 1.84. The predicted molar refractivity (Wildman–Crippen MR) is 78.9 cm³/mol. The molecule has 3 aromatic rings. The average Bonchev–Trinajstić information content (AvgIpc) is 2.97. The van der Waals surface area contributed by atoms with Gasteiger partial charge >= 0.3 is 0 Å². The number of nitrogens with zero attached hydrogens (tertiary/aromatic N) is 3. The highest BCUT2D eigenvalue weighted by molar-refractivity contribution is 9.10. The molecule has 0 atom stereocenters. The van der Waals surface area contributed by atoms with E-state index in [1.165, 1.54) is 7.11 Å². The predicted octanol–water partition coefficient (Wildman–Crippen LogP) is 3.28. The Labute approximate surface area is 128 Å². The fraction of sp³-hybridized carbons (Fsp3) is 0.0714. The van der Waals surface area contributed by atoms with Gasteiger partial charge in [0, 0.05) is 22.4 Å². The Bertz CT molecular complexity index is 789. The summed E-state index contributed by atoms with van der Waals surface area (Å²) in [7, 11) is 1.48. The number of hydrogen-bond acceptors (Lipinski definition) is 6. The van der Waals surface area contributed by atoms with Gasteiger partial charge in [-0.1, -0.05) is 11.2 Å². The molecule has 0 aliphatic rings. The Kier molecular flexibility index (Phi) is 3.57. The second kappa shape index (κ2) is 5.53. The van der Waals surface area contributed by atoms with E-state index in [-0.39, 0.29) is 11.6 Å². The van der Waals surface area contributed by atoms with Crippen molar-refractivity contribution in [2.75, 3.05) is 7.11 Å². The molecule has 0 saturated heterocycles. The van der Waals surface area contributed by atoms with Crippen molar-refractivity contribution in [1.29, 1.82) is 0 Å². The maximum atomic E-state index is 10.1. The average molecular weight is 348 g/mol. The summed E-state index contributed by atoms with van der Waals surface area (Å²) in [4.78, 5) is 8.32. The van der Waals surface area contributed by atoms with E-state index in [9.17, 15) is 5.11 Å². The highest BCUT2D eigenvalue weighted by atomic mass is 79.9. The molecule has 7 heteroatoms. The van der Waals surface area contributed by atoms with Gasteiger partial charge in [-0.15, -0.1) is 0 Å². The minimum absolute atomic E-state index is 0.0393. The van der Waals surface area contributed by atoms with E-state index in [0.29, 0.717) is 22.7 Å². The summed E-state index contributed by atoms with van der Waals surface area (Å²) in [6.45, 7) is 0. The molecule has 1 N–H and O–H groups in total. The molecule has 21 heavy (non-hydrogen) atoms. The van der Waals surface area contributed by atoms with Crippen LogP contribution in [0.1, 0.15) is 0 Å². The zero-order valence-corrected chi connectivity index (χ0v) is 12.5. The minimum atomic E-state index is -0.0393. The van der Waals surface area contributed by atoms with Gasteiger partial charge in [0.05, 0.1) is 12.7 Å². The molecule has 6 nitrogen and oxygen atoms in total. The van der Waals surface area contributed by atoms with Crippen LogP contribution in [0.2, 0.25) is 0 Å². The number of methoxy groups -OCH3 is 1. The van der Waals surface area contributed by atoms with Crippen LogP contribution in [0.5, 0.6) is 11.5 Å². The van der Waals surface area contributed by atoms with Gasteiger partial charge in [-0.2, -0.15) is 4.98 Å². The number of aromatic nitrogens is 3. The summed E-state index contributed by atoms with van der Waals surface area (Å²) < 4.78 is 11.1. The SMILES string of the molecule is COc1cccc(-c2nc(-c3cncc(Br)c3)no2)c1O. The Balaban J connectivity index is 2.03. The van der Waals surface area contributed by atoms with Crippen molar-refractivity contribution in [1.82, 2.24) is 15.1 Å². The third kappa shape index (κ3) is 2.59. The molecule has 0 aliphatic carbocycles. The number of phenols is 1. The standard InChI is InChI=1S/C14H10BrN3O3/c1-20-11-4-2-3-10(12(11)19)14-17-13(18-21-14)8-5-9(15)7-16-6-8/h2-7,19H,1H3. The molecule has 0 fully saturated rings. The van der Waals surface area contributed by atoms with Gasteiger partial charge in [0.25, 0.3) is 5.89 Å². The van der Waals surface area contributed by atoms with Crippen LogP contribution >= 0.6 is 15.9 Å². The van der Waals surface area contributed by atoms with Crippen molar-refractivity contribution >= 4 is 15.9 Å². The van der Waals surface area contributed by atoms with E-state index in [0.717, 1.165) is 4.47 Å². The number of phenolic OH excluding ortho intramolecular Hbond substituents is 1. The van der Waals surface area contributed by atoms with Crippen LogP contribution in [0, 0.1) is 0 Å².